The van der Waals surface area contributed by atoms with Crippen LogP contribution in [0.25, 0.3) is 0 Å². The molecular formula is C2H4NO3P-2. The Balaban J connectivity index is 4.09. The van der Waals surface area contributed by atoms with E-state index in [1.807, 2.05) is 0 Å². The second kappa shape index (κ2) is 1.66. The monoisotopic (exact) mass is 121 g/mol. The van der Waals surface area contributed by atoms with E-state index in [1.54, 1.807) is 0 Å². The second-order valence-electron chi connectivity index (χ2n) is 0.989. The highest BCUT2D eigenvalue weighted by molar-refractivity contribution is 7.53. The molecule has 0 aromatic heterocycles. The molecule has 0 radical (unpaired) electrons. The molecule has 0 unspecified atom stereocenters. The van der Waals surface area contributed by atoms with Crippen molar-refractivity contribution in [2.75, 3.05) is 0 Å². The average Bonchev–Trinajstić information content (AvgIpc) is 1.31. The van der Waals surface area contributed by atoms with E-state index in [2.05, 4.69) is 12.3 Å². The highest BCUT2D eigenvalue weighted by Crippen LogP contribution is 2.28. The van der Waals surface area contributed by atoms with Gasteiger partial charge in [0.25, 0.3) is 0 Å². The molecule has 7 heavy (non-hydrogen) atoms. The number of rotatable bonds is 1. The van der Waals surface area contributed by atoms with Crippen LogP contribution in [-0.4, -0.2) is 0 Å². The first-order chi connectivity index (χ1) is 2.94. The van der Waals surface area contributed by atoms with Crippen LogP contribution in [0.5, 0.6) is 0 Å². The Morgan fingerprint density at radius 3 is 1.86 bits per heavy atom. The van der Waals surface area contributed by atoms with Crippen molar-refractivity contribution in [2.45, 2.75) is 0 Å². The van der Waals surface area contributed by atoms with E-state index >= 15 is 0 Å². The normalized spacial score (nSPS) is 11.1. The van der Waals surface area contributed by atoms with E-state index in [4.69, 9.17) is 0 Å². The van der Waals surface area contributed by atoms with Gasteiger partial charge in [-0.05, 0) is 7.60 Å². The minimum Gasteiger partial charge on any atom is -0.806 e. The molecule has 4 nitrogen and oxygen atoms in total. The van der Waals surface area contributed by atoms with Gasteiger partial charge in [0.2, 0.25) is 0 Å². The molecule has 0 saturated heterocycles. The van der Waals surface area contributed by atoms with Crippen LogP contribution < -0.4 is 15.5 Å². The van der Waals surface area contributed by atoms with Crippen molar-refractivity contribution in [3.8, 4) is 0 Å². The van der Waals surface area contributed by atoms with Crippen LogP contribution >= 0.6 is 7.60 Å². The molecule has 0 amide bonds. The molecule has 0 fully saturated rings. The molecule has 0 saturated carbocycles. The third-order valence-corrected chi connectivity index (χ3v) is 1.06. The van der Waals surface area contributed by atoms with Gasteiger partial charge in [0.1, 0.15) is 0 Å². The number of nitrogens with two attached hydrogens (primary N) is 1. The third kappa shape index (κ3) is 2.39. The average molecular weight is 121 g/mol. The molecule has 0 atom stereocenters. The summed E-state index contributed by atoms with van der Waals surface area (Å²) in [5.41, 5.74) is 3.67. The Morgan fingerprint density at radius 2 is 1.86 bits per heavy atom. The lowest BCUT2D eigenvalue weighted by atomic mass is 11.1. The summed E-state index contributed by atoms with van der Waals surface area (Å²) in [7, 11) is -4.65. The van der Waals surface area contributed by atoms with Gasteiger partial charge in [0.05, 0.1) is 0 Å². The molecule has 42 valence electrons. The Labute approximate surface area is 40.8 Å². The molecule has 0 heterocycles. The van der Waals surface area contributed by atoms with Gasteiger partial charge in [-0.2, -0.15) is 0 Å². The molecule has 0 aliphatic heterocycles. The first kappa shape index (κ1) is 6.69. The molecule has 0 aromatic carbocycles. The van der Waals surface area contributed by atoms with Crippen LogP contribution in [0.15, 0.2) is 12.0 Å². The van der Waals surface area contributed by atoms with E-state index in [1.165, 1.54) is 0 Å². The Kier molecular flexibility index (Phi) is 1.58. The van der Waals surface area contributed by atoms with Crippen LogP contribution in [0.1, 0.15) is 0 Å². The summed E-state index contributed by atoms with van der Waals surface area (Å²) in [4.78, 5) is 19.2. The van der Waals surface area contributed by atoms with Crippen molar-refractivity contribution >= 4 is 7.60 Å². The predicted molar refractivity (Wildman–Crippen MR) is 20.9 cm³/mol. The van der Waals surface area contributed by atoms with Gasteiger partial charge < -0.3 is 20.1 Å². The van der Waals surface area contributed by atoms with Crippen molar-refractivity contribution in [2.24, 2.45) is 5.73 Å². The van der Waals surface area contributed by atoms with Crippen molar-refractivity contribution in [3.05, 3.63) is 12.0 Å². The van der Waals surface area contributed by atoms with Gasteiger partial charge >= 0.3 is 0 Å². The molecule has 0 aromatic rings. The Bertz CT molecular complexity index is 125. The molecule has 2 N–H and O–H groups in total. The fraction of sp³-hybridized carbons (Fsp3) is 0. The zero-order valence-electron chi connectivity index (χ0n) is 3.46. The smallest absolute Gasteiger partial charge is 0.0331 e. The van der Waals surface area contributed by atoms with Crippen LogP contribution in [0.3, 0.4) is 0 Å². The molecule has 0 bridgehead atoms. The zero-order valence-corrected chi connectivity index (χ0v) is 4.35. The molecule has 5 heteroatoms. The van der Waals surface area contributed by atoms with Crippen LogP contribution in [-0.2, 0) is 4.57 Å². The molecule has 0 aliphatic carbocycles. The highest BCUT2D eigenvalue weighted by atomic mass is 31.2. The maximum atomic E-state index is 9.58. The molecule has 0 aliphatic rings. The summed E-state index contributed by atoms with van der Waals surface area (Å²) in [6.45, 7) is 2.72. The third-order valence-electron chi connectivity index (χ3n) is 0.352. The van der Waals surface area contributed by atoms with Gasteiger partial charge in [0.15, 0.2) is 0 Å². The maximum Gasteiger partial charge on any atom is 0.0331 e. The summed E-state index contributed by atoms with van der Waals surface area (Å²) in [6, 6.07) is 0. The van der Waals surface area contributed by atoms with Crippen molar-refractivity contribution in [1.29, 1.82) is 0 Å². The standard InChI is InChI=1S/C2H6NO3P/c1-2(3)7(4,5)6/h1,3H2,(H2,4,5,6)/p-2. The lowest BCUT2D eigenvalue weighted by molar-refractivity contribution is -0.310. The first-order valence-electron chi connectivity index (χ1n) is 1.41. The van der Waals surface area contributed by atoms with Crippen LogP contribution in [0.4, 0.5) is 0 Å². The minimum absolute atomic E-state index is 0.812. The quantitative estimate of drug-likeness (QED) is 0.420. The fourth-order valence-corrected chi connectivity index (χ4v) is 0. The molecular weight excluding hydrogens is 117 g/mol. The van der Waals surface area contributed by atoms with E-state index in [9.17, 15) is 14.4 Å². The second-order valence-corrected chi connectivity index (χ2v) is 2.56. The predicted octanol–water partition coefficient (Wildman–Crippen LogP) is -1.67. The summed E-state index contributed by atoms with van der Waals surface area (Å²) < 4.78 is 9.58. The van der Waals surface area contributed by atoms with Gasteiger partial charge in [0, 0.05) is 5.44 Å². The van der Waals surface area contributed by atoms with Crippen LogP contribution in [0, 0.1) is 0 Å². The number of hydrogen-bond acceptors (Lipinski definition) is 4. The SMILES string of the molecule is C=C(N)P(=O)([O-])[O-]. The van der Waals surface area contributed by atoms with Gasteiger partial charge in [-0.3, -0.25) is 0 Å². The highest BCUT2D eigenvalue weighted by Gasteiger charge is 1.86. The Morgan fingerprint density at radius 1 is 1.71 bits per heavy atom. The lowest BCUT2D eigenvalue weighted by Gasteiger charge is -2.28. The Hall–Kier alpha value is -0.310. The summed E-state index contributed by atoms with van der Waals surface area (Å²) >= 11 is 0. The summed E-state index contributed by atoms with van der Waals surface area (Å²) in [5, 5.41) is 0. The van der Waals surface area contributed by atoms with E-state index in [0.717, 1.165) is 0 Å². The van der Waals surface area contributed by atoms with E-state index < -0.39 is 13.0 Å². The van der Waals surface area contributed by atoms with E-state index in [-0.39, 0.29) is 0 Å². The van der Waals surface area contributed by atoms with E-state index in [0.29, 0.717) is 0 Å². The van der Waals surface area contributed by atoms with Gasteiger partial charge in [-0.25, -0.2) is 0 Å². The molecule has 0 spiro atoms. The van der Waals surface area contributed by atoms with Crippen LogP contribution in [0.2, 0.25) is 0 Å². The fourth-order valence-electron chi connectivity index (χ4n) is 0. The summed E-state index contributed by atoms with van der Waals surface area (Å²) in [6.07, 6.45) is 0. The zero-order chi connectivity index (χ0) is 6.08. The maximum absolute atomic E-state index is 9.58. The summed E-state index contributed by atoms with van der Waals surface area (Å²) in [5.74, 6) is 0. The topological polar surface area (TPSA) is 89.2 Å². The first-order valence-corrected chi connectivity index (χ1v) is 2.96. The number of hydrogen-bond donors (Lipinski definition) is 1. The minimum atomic E-state index is -4.65. The molecule has 0 rings (SSSR count). The van der Waals surface area contributed by atoms with Crippen molar-refractivity contribution in [1.82, 2.24) is 0 Å². The van der Waals surface area contributed by atoms with Gasteiger partial charge in [-0.15, -0.1) is 0 Å². The van der Waals surface area contributed by atoms with Crippen molar-refractivity contribution < 1.29 is 14.4 Å². The lowest BCUT2D eigenvalue weighted by Crippen LogP contribution is -2.18. The largest absolute Gasteiger partial charge is 0.806 e. The van der Waals surface area contributed by atoms with Gasteiger partial charge in [-0.1, -0.05) is 6.58 Å². The van der Waals surface area contributed by atoms with Crippen molar-refractivity contribution in [3.63, 3.8) is 0 Å².